The number of aliphatic imine (C=N–C) groups is 1. The zero-order valence-corrected chi connectivity index (χ0v) is 11.5. The standard InChI is InChI=1S/C14H15N3OS/c1-10-8-11-4-2-3-5-12(11)17(10)9-13(18)16-14-15-6-7-19-14/h2-5,8H,6-7,9H2,1H3,(H,15,16,18). The first-order valence-electron chi connectivity index (χ1n) is 6.26. The number of hydrogen-bond donors (Lipinski definition) is 1. The minimum absolute atomic E-state index is 0.0161. The van der Waals surface area contributed by atoms with Gasteiger partial charge in [0.15, 0.2) is 5.17 Å². The predicted molar refractivity (Wildman–Crippen MR) is 79.6 cm³/mol. The van der Waals surface area contributed by atoms with Crippen molar-refractivity contribution in [1.82, 2.24) is 9.88 Å². The van der Waals surface area contributed by atoms with Crippen LogP contribution in [-0.4, -0.2) is 27.9 Å². The third-order valence-electron chi connectivity index (χ3n) is 3.15. The molecule has 0 radical (unpaired) electrons. The molecule has 1 amide bonds. The number of carbonyl (C=O) groups excluding carboxylic acids is 1. The number of carbonyl (C=O) groups is 1. The van der Waals surface area contributed by atoms with Gasteiger partial charge in [0.25, 0.3) is 0 Å². The third kappa shape index (κ3) is 2.51. The lowest BCUT2D eigenvalue weighted by atomic mass is 10.2. The van der Waals surface area contributed by atoms with Gasteiger partial charge in [-0.3, -0.25) is 9.79 Å². The Balaban J connectivity index is 1.80. The first kappa shape index (κ1) is 12.3. The van der Waals surface area contributed by atoms with E-state index >= 15 is 0 Å². The van der Waals surface area contributed by atoms with Crippen LogP contribution in [0.25, 0.3) is 10.9 Å². The molecule has 1 aliphatic heterocycles. The Kier molecular flexibility index (Phi) is 3.29. The fourth-order valence-corrected chi connectivity index (χ4v) is 3.02. The molecule has 0 atom stereocenters. The summed E-state index contributed by atoms with van der Waals surface area (Å²) in [7, 11) is 0. The highest BCUT2D eigenvalue weighted by Gasteiger charge is 2.13. The van der Waals surface area contributed by atoms with Crippen LogP contribution < -0.4 is 5.32 Å². The van der Waals surface area contributed by atoms with Gasteiger partial charge in [0.05, 0.1) is 6.54 Å². The lowest BCUT2D eigenvalue weighted by Crippen LogP contribution is -2.31. The maximum atomic E-state index is 12.0. The van der Waals surface area contributed by atoms with E-state index in [4.69, 9.17) is 0 Å². The SMILES string of the molecule is Cc1cc2ccccc2n1CC(=O)NC1=NCCS1. The second kappa shape index (κ2) is 5.09. The molecule has 3 rings (SSSR count). The average molecular weight is 273 g/mol. The van der Waals surface area contributed by atoms with Gasteiger partial charge in [0.2, 0.25) is 5.91 Å². The molecule has 0 fully saturated rings. The van der Waals surface area contributed by atoms with E-state index in [0.29, 0.717) is 6.54 Å². The van der Waals surface area contributed by atoms with Gasteiger partial charge < -0.3 is 9.88 Å². The second-order valence-corrected chi connectivity index (χ2v) is 5.60. The number of aromatic nitrogens is 1. The fourth-order valence-electron chi connectivity index (χ4n) is 2.27. The van der Waals surface area contributed by atoms with Crippen LogP contribution in [0.3, 0.4) is 0 Å². The highest BCUT2D eigenvalue weighted by atomic mass is 32.2. The Morgan fingerprint density at radius 1 is 1.47 bits per heavy atom. The number of nitrogens with one attached hydrogen (secondary N) is 1. The van der Waals surface area contributed by atoms with Crippen LogP contribution in [-0.2, 0) is 11.3 Å². The molecule has 2 aromatic rings. The van der Waals surface area contributed by atoms with Gasteiger partial charge in [-0.15, -0.1) is 0 Å². The molecule has 98 valence electrons. The molecule has 0 saturated carbocycles. The van der Waals surface area contributed by atoms with E-state index in [2.05, 4.69) is 22.4 Å². The van der Waals surface area contributed by atoms with Crippen LogP contribution >= 0.6 is 11.8 Å². The van der Waals surface area contributed by atoms with Gasteiger partial charge in [0, 0.05) is 17.0 Å². The molecule has 1 N–H and O–H groups in total. The quantitative estimate of drug-likeness (QED) is 0.911. The number of para-hydroxylation sites is 1. The number of nitrogens with zero attached hydrogens (tertiary/aromatic N) is 2. The smallest absolute Gasteiger partial charge is 0.245 e. The van der Waals surface area contributed by atoms with E-state index in [1.807, 2.05) is 29.7 Å². The molecular formula is C14H15N3OS. The zero-order chi connectivity index (χ0) is 13.2. The lowest BCUT2D eigenvalue weighted by Gasteiger charge is -2.08. The van der Waals surface area contributed by atoms with Crippen molar-refractivity contribution in [2.45, 2.75) is 13.5 Å². The van der Waals surface area contributed by atoms with Gasteiger partial charge in [-0.1, -0.05) is 30.0 Å². The minimum atomic E-state index is -0.0161. The molecule has 19 heavy (non-hydrogen) atoms. The molecule has 1 aromatic carbocycles. The second-order valence-electron chi connectivity index (χ2n) is 4.51. The number of rotatable bonds is 2. The molecule has 0 bridgehead atoms. The molecule has 1 aromatic heterocycles. The first-order chi connectivity index (χ1) is 9.24. The first-order valence-corrected chi connectivity index (χ1v) is 7.24. The van der Waals surface area contributed by atoms with Crippen LogP contribution in [0, 0.1) is 6.92 Å². The van der Waals surface area contributed by atoms with Crippen molar-refractivity contribution in [3.05, 3.63) is 36.0 Å². The molecule has 1 aliphatic rings. The highest BCUT2D eigenvalue weighted by molar-refractivity contribution is 8.14. The largest absolute Gasteiger partial charge is 0.335 e. The van der Waals surface area contributed by atoms with E-state index in [0.717, 1.165) is 28.7 Å². The van der Waals surface area contributed by atoms with E-state index < -0.39 is 0 Å². The number of fused-ring (bicyclic) bond motifs is 1. The number of amidine groups is 1. The maximum Gasteiger partial charge on any atom is 0.245 e. The molecular weight excluding hydrogens is 258 g/mol. The monoisotopic (exact) mass is 273 g/mol. The summed E-state index contributed by atoms with van der Waals surface area (Å²) < 4.78 is 2.03. The lowest BCUT2D eigenvalue weighted by molar-refractivity contribution is -0.120. The third-order valence-corrected chi connectivity index (χ3v) is 4.04. The van der Waals surface area contributed by atoms with E-state index in [-0.39, 0.29) is 5.91 Å². The number of thioether (sulfide) groups is 1. The Morgan fingerprint density at radius 3 is 3.11 bits per heavy atom. The molecule has 0 saturated heterocycles. The maximum absolute atomic E-state index is 12.0. The van der Waals surface area contributed by atoms with Crippen molar-refractivity contribution in [2.75, 3.05) is 12.3 Å². The summed E-state index contributed by atoms with van der Waals surface area (Å²) >= 11 is 1.60. The summed E-state index contributed by atoms with van der Waals surface area (Å²) in [6, 6.07) is 10.2. The zero-order valence-electron chi connectivity index (χ0n) is 10.7. The minimum Gasteiger partial charge on any atom is -0.335 e. The van der Waals surface area contributed by atoms with Gasteiger partial charge in [-0.25, -0.2) is 0 Å². The molecule has 0 spiro atoms. The average Bonchev–Trinajstić information content (AvgIpc) is 2.99. The van der Waals surface area contributed by atoms with Crippen molar-refractivity contribution in [2.24, 2.45) is 4.99 Å². The molecule has 4 nitrogen and oxygen atoms in total. The van der Waals surface area contributed by atoms with Crippen molar-refractivity contribution in [3.63, 3.8) is 0 Å². The summed E-state index contributed by atoms with van der Waals surface area (Å²) in [6.45, 7) is 3.15. The van der Waals surface area contributed by atoms with Crippen LogP contribution in [0.1, 0.15) is 5.69 Å². The van der Waals surface area contributed by atoms with E-state index in [9.17, 15) is 4.79 Å². The fraction of sp³-hybridized carbons (Fsp3) is 0.286. The van der Waals surface area contributed by atoms with Crippen LogP contribution in [0.5, 0.6) is 0 Å². The number of benzene rings is 1. The van der Waals surface area contributed by atoms with Crippen molar-refractivity contribution < 1.29 is 4.79 Å². The normalized spacial score (nSPS) is 14.7. The van der Waals surface area contributed by atoms with Crippen LogP contribution in [0.15, 0.2) is 35.3 Å². The summed E-state index contributed by atoms with van der Waals surface area (Å²) in [6.07, 6.45) is 0. The Hall–Kier alpha value is -1.75. The van der Waals surface area contributed by atoms with E-state index in [1.165, 1.54) is 5.39 Å². The Labute approximate surface area is 115 Å². The number of aryl methyl sites for hydroxylation is 1. The van der Waals surface area contributed by atoms with Gasteiger partial charge in [-0.05, 0) is 24.4 Å². The van der Waals surface area contributed by atoms with Crippen LogP contribution in [0.2, 0.25) is 0 Å². The highest BCUT2D eigenvalue weighted by Crippen LogP contribution is 2.19. The van der Waals surface area contributed by atoms with E-state index in [1.54, 1.807) is 11.8 Å². The van der Waals surface area contributed by atoms with Crippen molar-refractivity contribution in [3.8, 4) is 0 Å². The molecule has 0 aliphatic carbocycles. The number of amides is 1. The van der Waals surface area contributed by atoms with Crippen molar-refractivity contribution in [1.29, 1.82) is 0 Å². The summed E-state index contributed by atoms with van der Waals surface area (Å²) in [5.41, 5.74) is 2.19. The van der Waals surface area contributed by atoms with Gasteiger partial charge in [0.1, 0.15) is 6.54 Å². The topological polar surface area (TPSA) is 46.4 Å². The Morgan fingerprint density at radius 2 is 2.32 bits per heavy atom. The predicted octanol–water partition coefficient (Wildman–Crippen LogP) is 2.17. The number of hydrogen-bond acceptors (Lipinski definition) is 3. The molecule has 2 heterocycles. The Bertz CT molecular complexity index is 660. The summed E-state index contributed by atoms with van der Waals surface area (Å²) in [5, 5.41) is 4.78. The molecule has 0 unspecified atom stereocenters. The molecule has 5 heteroatoms. The summed E-state index contributed by atoms with van der Waals surface area (Å²) in [4.78, 5) is 16.3. The van der Waals surface area contributed by atoms with Crippen LogP contribution in [0.4, 0.5) is 0 Å². The van der Waals surface area contributed by atoms with Gasteiger partial charge >= 0.3 is 0 Å². The van der Waals surface area contributed by atoms with Gasteiger partial charge in [-0.2, -0.15) is 0 Å². The summed E-state index contributed by atoms with van der Waals surface area (Å²) in [5.74, 6) is 0.943. The van der Waals surface area contributed by atoms with Crippen molar-refractivity contribution >= 4 is 33.7 Å².